The van der Waals surface area contributed by atoms with Crippen molar-refractivity contribution >= 4 is 28.8 Å². The highest BCUT2D eigenvalue weighted by molar-refractivity contribution is 7.99. The topological polar surface area (TPSA) is 23.6 Å². The first-order valence-electron chi connectivity index (χ1n) is 10.3. The van der Waals surface area contributed by atoms with Crippen molar-refractivity contribution in [2.24, 2.45) is 0 Å². The predicted octanol–water partition coefficient (Wildman–Crippen LogP) is 5.02. The molecule has 0 aliphatic carbocycles. The first-order chi connectivity index (χ1) is 13.7. The highest BCUT2D eigenvalue weighted by atomic mass is 32.2. The molecule has 0 spiro atoms. The largest absolute Gasteiger partial charge is 0.339 e. The van der Waals surface area contributed by atoms with Crippen molar-refractivity contribution in [3.05, 3.63) is 59.2 Å². The Labute approximate surface area is 171 Å². The molecule has 0 N–H and O–H groups in total. The smallest absolute Gasteiger partial charge is 0.253 e. The molecule has 2 aromatic carbocycles. The Bertz CT molecular complexity index is 959. The molecule has 3 aliphatic rings. The van der Waals surface area contributed by atoms with E-state index in [0.717, 1.165) is 57.4 Å². The van der Waals surface area contributed by atoms with Gasteiger partial charge >= 0.3 is 0 Å². The first kappa shape index (κ1) is 18.0. The van der Waals surface area contributed by atoms with Crippen LogP contribution in [0.4, 0.5) is 0 Å². The van der Waals surface area contributed by atoms with Crippen molar-refractivity contribution in [2.75, 3.05) is 33.2 Å². The molecule has 3 heterocycles. The third kappa shape index (κ3) is 3.19. The maximum atomic E-state index is 13.0. The summed E-state index contributed by atoms with van der Waals surface area (Å²) in [5, 5.41) is 0. The monoisotopic (exact) mass is 390 g/mol. The van der Waals surface area contributed by atoms with E-state index in [9.17, 15) is 4.79 Å². The van der Waals surface area contributed by atoms with Crippen LogP contribution in [0.2, 0.25) is 0 Å². The van der Waals surface area contributed by atoms with Gasteiger partial charge in [-0.3, -0.25) is 4.79 Å². The standard InChI is InChI=1S/C24H26N2OS/c1-25-14-10-18-19(11-15-25)21-16-17(24(27)26-12-4-5-13-26)8-9-23(21)28-22-7-3-2-6-20(18)22/h2-3,6-9,16H,4-5,10-15H2,1H3. The van der Waals surface area contributed by atoms with Gasteiger partial charge in [0.1, 0.15) is 0 Å². The number of nitrogens with zero attached hydrogens (tertiary/aromatic N) is 2. The molecule has 0 aromatic heterocycles. The number of benzene rings is 2. The van der Waals surface area contributed by atoms with Gasteiger partial charge in [0, 0.05) is 41.5 Å². The highest BCUT2D eigenvalue weighted by Crippen LogP contribution is 2.47. The van der Waals surface area contributed by atoms with Gasteiger partial charge in [-0.1, -0.05) is 30.0 Å². The summed E-state index contributed by atoms with van der Waals surface area (Å²) in [7, 11) is 2.21. The summed E-state index contributed by atoms with van der Waals surface area (Å²) in [6.45, 7) is 3.94. The fourth-order valence-electron chi connectivity index (χ4n) is 4.63. The Hall–Kier alpha value is -2.04. The molecule has 0 bridgehead atoms. The van der Waals surface area contributed by atoms with Gasteiger partial charge in [-0.15, -0.1) is 0 Å². The summed E-state index contributed by atoms with van der Waals surface area (Å²) in [5.41, 5.74) is 6.40. The first-order valence-corrected chi connectivity index (χ1v) is 11.1. The highest BCUT2D eigenvalue weighted by Gasteiger charge is 2.26. The number of rotatable bonds is 1. The third-order valence-corrected chi connectivity index (χ3v) is 7.38. The van der Waals surface area contributed by atoms with Gasteiger partial charge in [0.15, 0.2) is 0 Å². The summed E-state index contributed by atoms with van der Waals surface area (Å²) in [4.78, 5) is 20.1. The molecule has 1 fully saturated rings. The average molecular weight is 391 g/mol. The molecule has 1 amide bonds. The van der Waals surface area contributed by atoms with Crippen molar-refractivity contribution in [3.63, 3.8) is 0 Å². The van der Waals surface area contributed by atoms with Crippen LogP contribution in [0.1, 0.15) is 47.2 Å². The van der Waals surface area contributed by atoms with Crippen LogP contribution in [0.15, 0.2) is 52.3 Å². The number of carbonyl (C=O) groups is 1. The Morgan fingerprint density at radius 1 is 0.857 bits per heavy atom. The SMILES string of the molecule is CN1CCC2=C(CC1)c1cc(C(=O)N3CCCC3)ccc1Sc1ccccc12. The fourth-order valence-corrected chi connectivity index (χ4v) is 5.74. The molecule has 0 atom stereocenters. The van der Waals surface area contributed by atoms with E-state index in [1.165, 1.54) is 32.1 Å². The lowest BCUT2D eigenvalue weighted by atomic mass is 9.90. The summed E-state index contributed by atoms with van der Waals surface area (Å²) in [6, 6.07) is 15.2. The van der Waals surface area contributed by atoms with E-state index in [-0.39, 0.29) is 5.91 Å². The number of hydrogen-bond donors (Lipinski definition) is 0. The number of fused-ring (bicyclic) bond motifs is 4. The zero-order valence-corrected chi connectivity index (χ0v) is 17.2. The molecule has 1 saturated heterocycles. The molecule has 4 heteroatoms. The second kappa shape index (κ2) is 7.41. The minimum Gasteiger partial charge on any atom is -0.339 e. The van der Waals surface area contributed by atoms with Crippen molar-refractivity contribution in [1.29, 1.82) is 0 Å². The van der Waals surface area contributed by atoms with Crippen LogP contribution in [0.5, 0.6) is 0 Å². The Balaban J connectivity index is 1.64. The van der Waals surface area contributed by atoms with E-state index in [2.05, 4.69) is 48.3 Å². The van der Waals surface area contributed by atoms with E-state index >= 15 is 0 Å². The zero-order valence-electron chi connectivity index (χ0n) is 16.4. The second-order valence-corrected chi connectivity index (χ2v) is 9.15. The van der Waals surface area contributed by atoms with E-state index in [0.29, 0.717) is 0 Å². The fraction of sp³-hybridized carbons (Fsp3) is 0.375. The Morgan fingerprint density at radius 2 is 1.54 bits per heavy atom. The summed E-state index contributed by atoms with van der Waals surface area (Å²) >= 11 is 1.85. The second-order valence-electron chi connectivity index (χ2n) is 8.07. The molecule has 5 rings (SSSR count). The van der Waals surface area contributed by atoms with Crippen LogP contribution < -0.4 is 0 Å². The van der Waals surface area contributed by atoms with Gasteiger partial charge < -0.3 is 9.80 Å². The van der Waals surface area contributed by atoms with Crippen LogP contribution in [-0.4, -0.2) is 48.9 Å². The van der Waals surface area contributed by atoms with Crippen LogP contribution in [0.25, 0.3) is 11.1 Å². The maximum absolute atomic E-state index is 13.0. The molecule has 0 saturated carbocycles. The molecule has 144 valence electrons. The molecular weight excluding hydrogens is 364 g/mol. The quantitative estimate of drug-likeness (QED) is 0.683. The van der Waals surface area contributed by atoms with E-state index in [4.69, 9.17) is 0 Å². The zero-order chi connectivity index (χ0) is 19.1. The molecular formula is C24H26N2OS. The van der Waals surface area contributed by atoms with Crippen LogP contribution in [-0.2, 0) is 0 Å². The number of amides is 1. The lowest BCUT2D eigenvalue weighted by Gasteiger charge is -2.18. The van der Waals surface area contributed by atoms with E-state index < -0.39 is 0 Å². The summed E-state index contributed by atoms with van der Waals surface area (Å²) < 4.78 is 0. The predicted molar refractivity (Wildman–Crippen MR) is 116 cm³/mol. The van der Waals surface area contributed by atoms with Crippen LogP contribution >= 0.6 is 11.8 Å². The lowest BCUT2D eigenvalue weighted by molar-refractivity contribution is 0.0792. The Morgan fingerprint density at radius 3 is 2.32 bits per heavy atom. The molecule has 3 nitrogen and oxygen atoms in total. The van der Waals surface area contributed by atoms with Gasteiger partial charge in [-0.05, 0) is 79.3 Å². The third-order valence-electron chi connectivity index (χ3n) is 6.23. The minimum absolute atomic E-state index is 0.194. The number of hydrogen-bond acceptors (Lipinski definition) is 3. The van der Waals surface area contributed by atoms with Crippen molar-refractivity contribution in [2.45, 2.75) is 35.5 Å². The van der Waals surface area contributed by atoms with E-state index in [1.54, 1.807) is 0 Å². The molecule has 0 radical (unpaired) electrons. The van der Waals surface area contributed by atoms with Crippen molar-refractivity contribution in [3.8, 4) is 0 Å². The normalized spacial score (nSPS) is 19.5. The number of likely N-dealkylation sites (tertiary alicyclic amines) is 1. The van der Waals surface area contributed by atoms with Crippen LogP contribution in [0, 0.1) is 0 Å². The van der Waals surface area contributed by atoms with Gasteiger partial charge in [-0.25, -0.2) is 0 Å². The Kier molecular flexibility index (Phi) is 4.77. The average Bonchev–Trinajstić information content (AvgIpc) is 3.14. The van der Waals surface area contributed by atoms with Crippen LogP contribution in [0.3, 0.4) is 0 Å². The van der Waals surface area contributed by atoms with Gasteiger partial charge in [-0.2, -0.15) is 0 Å². The van der Waals surface area contributed by atoms with Gasteiger partial charge in [0.05, 0.1) is 0 Å². The minimum atomic E-state index is 0.194. The van der Waals surface area contributed by atoms with Crippen molar-refractivity contribution < 1.29 is 4.79 Å². The summed E-state index contributed by atoms with van der Waals surface area (Å²) in [6.07, 6.45) is 4.36. The van der Waals surface area contributed by atoms with Gasteiger partial charge in [0.25, 0.3) is 5.91 Å². The van der Waals surface area contributed by atoms with Crippen molar-refractivity contribution in [1.82, 2.24) is 9.80 Å². The number of carbonyl (C=O) groups excluding carboxylic acids is 1. The molecule has 3 aliphatic heterocycles. The van der Waals surface area contributed by atoms with E-state index in [1.807, 2.05) is 22.7 Å². The van der Waals surface area contributed by atoms with Gasteiger partial charge in [0.2, 0.25) is 0 Å². The maximum Gasteiger partial charge on any atom is 0.253 e. The summed E-state index contributed by atoms with van der Waals surface area (Å²) in [5.74, 6) is 0.194. The lowest BCUT2D eigenvalue weighted by Crippen LogP contribution is -2.27. The molecule has 2 aromatic rings. The molecule has 0 unspecified atom stereocenters. The molecule has 28 heavy (non-hydrogen) atoms.